The predicted molar refractivity (Wildman–Crippen MR) is 64.1 cm³/mol. The normalized spacial score (nSPS) is 10.2. The van der Waals surface area contributed by atoms with E-state index in [0.29, 0.717) is 11.6 Å². The van der Waals surface area contributed by atoms with Crippen LogP contribution in [0.3, 0.4) is 0 Å². The van der Waals surface area contributed by atoms with E-state index >= 15 is 0 Å². The van der Waals surface area contributed by atoms with Crippen LogP contribution in [0, 0.1) is 0 Å². The number of rotatable bonds is 5. The molecule has 0 unspecified atom stereocenters. The fraction of sp³-hybridized carbons (Fsp3) is 0.364. The van der Waals surface area contributed by atoms with Crippen LogP contribution in [0.2, 0.25) is 0 Å². The van der Waals surface area contributed by atoms with E-state index in [1.54, 1.807) is 23.1 Å². The highest BCUT2D eigenvalue weighted by Gasteiger charge is 2.02. The van der Waals surface area contributed by atoms with Crippen LogP contribution in [0.15, 0.2) is 24.8 Å². The monoisotopic (exact) mass is 233 g/mol. The number of anilines is 1. The molecule has 2 aromatic heterocycles. The molecule has 0 spiro atoms. The lowest BCUT2D eigenvalue weighted by Crippen LogP contribution is -2.02. The first kappa shape index (κ1) is 11.4. The Kier molecular flexibility index (Phi) is 3.54. The van der Waals surface area contributed by atoms with Gasteiger partial charge in [0.25, 0.3) is 0 Å². The lowest BCUT2D eigenvalue weighted by atomic mass is 10.4. The minimum Gasteiger partial charge on any atom is -0.436 e. The van der Waals surface area contributed by atoms with Crippen molar-refractivity contribution in [2.24, 2.45) is 7.05 Å². The molecular formula is C11H15N5O. The molecule has 0 aliphatic rings. The van der Waals surface area contributed by atoms with E-state index in [0.717, 1.165) is 18.8 Å². The van der Waals surface area contributed by atoms with Gasteiger partial charge in [-0.3, -0.25) is 4.68 Å². The van der Waals surface area contributed by atoms with Crippen LogP contribution in [0.5, 0.6) is 11.6 Å². The molecule has 6 heteroatoms. The van der Waals surface area contributed by atoms with Crippen LogP contribution in [0.4, 0.5) is 5.82 Å². The number of aryl methyl sites for hydroxylation is 1. The molecule has 17 heavy (non-hydrogen) atoms. The van der Waals surface area contributed by atoms with Gasteiger partial charge in [0.05, 0.1) is 12.4 Å². The van der Waals surface area contributed by atoms with Gasteiger partial charge >= 0.3 is 0 Å². The fourth-order valence-corrected chi connectivity index (χ4v) is 1.32. The third-order valence-corrected chi connectivity index (χ3v) is 2.10. The standard InChI is InChI=1S/C11H15N5O/c1-3-4-12-10-5-11(14-8-13-10)17-9-6-15-16(2)7-9/h5-8H,3-4H2,1-2H3,(H,12,13,14). The minimum atomic E-state index is 0.506. The third-order valence-electron chi connectivity index (χ3n) is 2.10. The summed E-state index contributed by atoms with van der Waals surface area (Å²) in [6.45, 7) is 2.98. The Bertz CT molecular complexity index is 482. The number of aromatic nitrogens is 4. The average molecular weight is 233 g/mol. The second kappa shape index (κ2) is 5.29. The van der Waals surface area contributed by atoms with Gasteiger partial charge in [-0.05, 0) is 6.42 Å². The summed E-state index contributed by atoms with van der Waals surface area (Å²) in [5.41, 5.74) is 0. The maximum absolute atomic E-state index is 5.55. The SMILES string of the molecule is CCCNc1cc(Oc2cnn(C)c2)ncn1. The van der Waals surface area contributed by atoms with Crippen LogP contribution in [-0.2, 0) is 7.05 Å². The number of hydrogen-bond donors (Lipinski definition) is 1. The number of hydrogen-bond acceptors (Lipinski definition) is 5. The van der Waals surface area contributed by atoms with E-state index in [1.165, 1.54) is 6.33 Å². The molecule has 2 rings (SSSR count). The van der Waals surface area contributed by atoms with Crippen molar-refractivity contribution in [3.63, 3.8) is 0 Å². The summed E-state index contributed by atoms with van der Waals surface area (Å²) in [7, 11) is 1.83. The molecule has 2 aromatic rings. The van der Waals surface area contributed by atoms with Gasteiger partial charge in [-0.25, -0.2) is 9.97 Å². The van der Waals surface area contributed by atoms with Crippen LogP contribution >= 0.6 is 0 Å². The maximum atomic E-state index is 5.55. The highest BCUT2D eigenvalue weighted by atomic mass is 16.5. The molecule has 0 radical (unpaired) electrons. The van der Waals surface area contributed by atoms with Crippen LogP contribution < -0.4 is 10.1 Å². The molecule has 0 aromatic carbocycles. The summed E-state index contributed by atoms with van der Waals surface area (Å²) < 4.78 is 7.22. The van der Waals surface area contributed by atoms with Gasteiger partial charge < -0.3 is 10.1 Å². The molecule has 0 saturated carbocycles. The Hall–Kier alpha value is -2.11. The highest BCUT2D eigenvalue weighted by molar-refractivity contribution is 5.38. The van der Waals surface area contributed by atoms with E-state index in [9.17, 15) is 0 Å². The zero-order valence-corrected chi connectivity index (χ0v) is 9.92. The zero-order chi connectivity index (χ0) is 12.1. The zero-order valence-electron chi connectivity index (χ0n) is 9.92. The van der Waals surface area contributed by atoms with Crippen LogP contribution in [-0.4, -0.2) is 26.3 Å². The highest BCUT2D eigenvalue weighted by Crippen LogP contribution is 2.19. The Morgan fingerprint density at radius 2 is 2.29 bits per heavy atom. The van der Waals surface area contributed by atoms with Gasteiger partial charge in [0.15, 0.2) is 5.75 Å². The number of nitrogens with one attached hydrogen (secondary N) is 1. The maximum Gasteiger partial charge on any atom is 0.224 e. The van der Waals surface area contributed by atoms with Gasteiger partial charge in [0.2, 0.25) is 5.88 Å². The van der Waals surface area contributed by atoms with E-state index in [4.69, 9.17) is 4.74 Å². The predicted octanol–water partition coefficient (Wildman–Crippen LogP) is 1.82. The molecule has 0 aliphatic heterocycles. The second-order valence-electron chi connectivity index (χ2n) is 3.62. The summed E-state index contributed by atoms with van der Waals surface area (Å²) in [5.74, 6) is 1.93. The van der Waals surface area contributed by atoms with Gasteiger partial charge in [-0.15, -0.1) is 0 Å². The molecule has 0 bridgehead atoms. The summed E-state index contributed by atoms with van der Waals surface area (Å²) in [4.78, 5) is 8.14. The van der Waals surface area contributed by atoms with Gasteiger partial charge in [0.1, 0.15) is 12.1 Å². The molecule has 90 valence electrons. The molecule has 0 aliphatic carbocycles. The third kappa shape index (κ3) is 3.17. The van der Waals surface area contributed by atoms with Crippen molar-refractivity contribution in [3.05, 3.63) is 24.8 Å². The Balaban J connectivity index is 2.05. The van der Waals surface area contributed by atoms with E-state index < -0.39 is 0 Å². The summed E-state index contributed by atoms with van der Waals surface area (Å²) >= 11 is 0. The smallest absolute Gasteiger partial charge is 0.224 e. The van der Waals surface area contributed by atoms with Crippen molar-refractivity contribution in [3.8, 4) is 11.6 Å². The number of ether oxygens (including phenoxy) is 1. The van der Waals surface area contributed by atoms with Crippen molar-refractivity contribution < 1.29 is 4.74 Å². The van der Waals surface area contributed by atoms with Crippen molar-refractivity contribution in [2.45, 2.75) is 13.3 Å². The minimum absolute atomic E-state index is 0.506. The van der Waals surface area contributed by atoms with Crippen molar-refractivity contribution in [2.75, 3.05) is 11.9 Å². The Morgan fingerprint density at radius 3 is 3.00 bits per heavy atom. The molecule has 0 amide bonds. The van der Waals surface area contributed by atoms with Gasteiger partial charge in [-0.1, -0.05) is 6.92 Å². The van der Waals surface area contributed by atoms with Crippen molar-refractivity contribution >= 4 is 5.82 Å². The van der Waals surface area contributed by atoms with Crippen molar-refractivity contribution in [1.29, 1.82) is 0 Å². The van der Waals surface area contributed by atoms with E-state index in [-0.39, 0.29) is 0 Å². The second-order valence-corrected chi connectivity index (χ2v) is 3.62. The summed E-state index contributed by atoms with van der Waals surface area (Å²) in [6, 6.07) is 1.77. The quantitative estimate of drug-likeness (QED) is 0.853. The Labute approximate surface area is 99.7 Å². The fourth-order valence-electron chi connectivity index (χ4n) is 1.32. The van der Waals surface area contributed by atoms with Crippen molar-refractivity contribution in [1.82, 2.24) is 19.7 Å². The average Bonchev–Trinajstić information content (AvgIpc) is 2.73. The first-order chi connectivity index (χ1) is 8.28. The van der Waals surface area contributed by atoms with Gasteiger partial charge in [0, 0.05) is 19.7 Å². The molecule has 0 atom stereocenters. The molecule has 0 saturated heterocycles. The summed E-state index contributed by atoms with van der Waals surface area (Å²) in [6.07, 6.45) is 5.94. The van der Waals surface area contributed by atoms with E-state index in [1.807, 2.05) is 7.05 Å². The molecular weight excluding hydrogens is 218 g/mol. The Morgan fingerprint density at radius 1 is 1.41 bits per heavy atom. The van der Waals surface area contributed by atoms with Crippen LogP contribution in [0.25, 0.3) is 0 Å². The topological polar surface area (TPSA) is 64.9 Å². The largest absolute Gasteiger partial charge is 0.436 e. The molecule has 6 nitrogen and oxygen atoms in total. The van der Waals surface area contributed by atoms with Gasteiger partial charge in [-0.2, -0.15) is 5.10 Å². The molecule has 1 N–H and O–H groups in total. The first-order valence-electron chi connectivity index (χ1n) is 5.50. The van der Waals surface area contributed by atoms with E-state index in [2.05, 4.69) is 27.3 Å². The number of nitrogens with zero attached hydrogens (tertiary/aromatic N) is 4. The molecule has 0 fully saturated rings. The molecule has 2 heterocycles. The lowest BCUT2D eigenvalue weighted by molar-refractivity contribution is 0.461. The van der Waals surface area contributed by atoms with Crippen LogP contribution in [0.1, 0.15) is 13.3 Å². The summed E-state index contributed by atoms with van der Waals surface area (Å²) in [5, 5.41) is 7.19. The first-order valence-corrected chi connectivity index (χ1v) is 5.50. The lowest BCUT2D eigenvalue weighted by Gasteiger charge is -2.05.